The Hall–Kier alpha value is -4.30. The molecule has 0 spiro atoms. The Labute approximate surface area is 224 Å². The second-order valence-corrected chi connectivity index (χ2v) is 9.83. The molecule has 2 aromatic heterocycles. The van der Waals surface area contributed by atoms with Gasteiger partial charge in [-0.15, -0.1) is 0 Å². The second-order valence-electron chi connectivity index (χ2n) is 8.89. The lowest BCUT2D eigenvalue weighted by Gasteiger charge is -2.13. The Morgan fingerprint density at radius 3 is 2.50 bits per heavy atom. The summed E-state index contributed by atoms with van der Waals surface area (Å²) in [5, 5.41) is 3.38. The van der Waals surface area contributed by atoms with Crippen LogP contribution < -0.4 is 15.6 Å². The van der Waals surface area contributed by atoms with Crippen LogP contribution in [0, 0.1) is 13.8 Å². The van der Waals surface area contributed by atoms with E-state index >= 15 is 0 Å². The van der Waals surface area contributed by atoms with Crippen LogP contribution in [0.25, 0.3) is 27.8 Å². The van der Waals surface area contributed by atoms with Crippen molar-refractivity contribution in [3.8, 4) is 22.6 Å². The van der Waals surface area contributed by atoms with Crippen LogP contribution in [0.15, 0.2) is 88.9 Å². The minimum atomic E-state index is -0.238. The molecule has 0 aliphatic carbocycles. The average Bonchev–Trinajstić information content (AvgIpc) is 3.35. The van der Waals surface area contributed by atoms with E-state index in [0.29, 0.717) is 34.2 Å². The first-order chi connectivity index (χ1) is 18.4. The Morgan fingerprint density at radius 2 is 1.79 bits per heavy atom. The van der Waals surface area contributed by atoms with Crippen LogP contribution >= 0.6 is 11.8 Å². The van der Waals surface area contributed by atoms with Gasteiger partial charge in [0.15, 0.2) is 5.16 Å². The maximum absolute atomic E-state index is 13.8. The normalized spacial score (nSPS) is 11.0. The lowest BCUT2D eigenvalue weighted by atomic mass is 10.1. The predicted molar refractivity (Wildman–Crippen MR) is 154 cm³/mol. The highest BCUT2D eigenvalue weighted by molar-refractivity contribution is 7.99. The number of carbonyl (C=O) groups is 1. The number of anilines is 1. The Balaban J connectivity index is 1.53. The number of aromatic amines is 1. The van der Waals surface area contributed by atoms with Gasteiger partial charge < -0.3 is 15.0 Å². The molecule has 0 aliphatic heterocycles. The van der Waals surface area contributed by atoms with Crippen molar-refractivity contribution in [2.45, 2.75) is 25.9 Å². The zero-order valence-corrected chi connectivity index (χ0v) is 22.3. The van der Waals surface area contributed by atoms with Crippen molar-refractivity contribution in [2.24, 2.45) is 0 Å². The fraction of sp³-hybridized carbons (Fsp3) is 0.167. The third-order valence-corrected chi connectivity index (χ3v) is 7.22. The molecular formula is C30H28N4O3S. The van der Waals surface area contributed by atoms with E-state index in [4.69, 9.17) is 9.72 Å². The summed E-state index contributed by atoms with van der Waals surface area (Å²) in [5.41, 5.74) is 6.16. The number of nitrogens with zero attached hydrogens (tertiary/aromatic N) is 2. The van der Waals surface area contributed by atoms with Crippen molar-refractivity contribution in [2.75, 3.05) is 17.7 Å². The minimum absolute atomic E-state index is 0.0903. The summed E-state index contributed by atoms with van der Waals surface area (Å²) in [6.45, 7) is 6.51. The van der Waals surface area contributed by atoms with E-state index < -0.39 is 0 Å². The molecule has 2 N–H and O–H groups in total. The molecule has 8 heteroatoms. The molecule has 0 saturated carbocycles. The first-order valence-electron chi connectivity index (χ1n) is 12.4. The van der Waals surface area contributed by atoms with Gasteiger partial charge in [-0.3, -0.25) is 14.2 Å². The molecule has 5 rings (SSSR count). The summed E-state index contributed by atoms with van der Waals surface area (Å²) in [4.78, 5) is 34.6. The molecule has 0 radical (unpaired) electrons. The number of ether oxygens (including phenoxy) is 1. The highest BCUT2D eigenvalue weighted by atomic mass is 32.2. The molecule has 2 heterocycles. The zero-order chi connectivity index (χ0) is 26.6. The number of hydrogen-bond donors (Lipinski definition) is 2. The highest BCUT2D eigenvalue weighted by Gasteiger charge is 2.19. The van der Waals surface area contributed by atoms with Crippen LogP contribution in [0.3, 0.4) is 0 Å². The Bertz CT molecular complexity index is 1660. The number of H-pyrrole nitrogens is 1. The third-order valence-electron chi connectivity index (χ3n) is 6.28. The summed E-state index contributed by atoms with van der Waals surface area (Å²) >= 11 is 1.22. The molecule has 0 aliphatic rings. The smallest absolute Gasteiger partial charge is 0.283 e. The molecular weight excluding hydrogens is 496 g/mol. The van der Waals surface area contributed by atoms with Crippen LogP contribution in [0.2, 0.25) is 0 Å². The zero-order valence-electron chi connectivity index (χ0n) is 21.4. The quantitative estimate of drug-likeness (QED) is 0.188. The van der Waals surface area contributed by atoms with E-state index in [9.17, 15) is 9.59 Å². The van der Waals surface area contributed by atoms with Crippen molar-refractivity contribution in [1.29, 1.82) is 0 Å². The summed E-state index contributed by atoms with van der Waals surface area (Å²) in [5.74, 6) is 0.627. The highest BCUT2D eigenvalue weighted by Crippen LogP contribution is 2.29. The lowest BCUT2D eigenvalue weighted by Crippen LogP contribution is -2.23. The molecule has 0 fully saturated rings. The maximum atomic E-state index is 13.8. The number of aromatic nitrogens is 3. The van der Waals surface area contributed by atoms with Gasteiger partial charge in [0.25, 0.3) is 5.56 Å². The maximum Gasteiger partial charge on any atom is 0.283 e. The van der Waals surface area contributed by atoms with Gasteiger partial charge in [-0.2, -0.15) is 0 Å². The molecule has 0 saturated heterocycles. The van der Waals surface area contributed by atoms with Gasteiger partial charge in [0.1, 0.15) is 16.8 Å². The first-order valence-corrected chi connectivity index (χ1v) is 13.4. The van der Waals surface area contributed by atoms with Crippen molar-refractivity contribution in [1.82, 2.24) is 14.5 Å². The second kappa shape index (κ2) is 11.0. The monoisotopic (exact) mass is 524 g/mol. The molecule has 3 aromatic carbocycles. The topological polar surface area (TPSA) is 89.0 Å². The summed E-state index contributed by atoms with van der Waals surface area (Å²) < 4.78 is 7.10. The fourth-order valence-electron chi connectivity index (χ4n) is 4.21. The van der Waals surface area contributed by atoms with Gasteiger partial charge in [-0.25, -0.2) is 4.98 Å². The van der Waals surface area contributed by atoms with Crippen LogP contribution in [-0.2, 0) is 4.79 Å². The van der Waals surface area contributed by atoms with E-state index in [0.717, 1.165) is 27.9 Å². The average molecular weight is 525 g/mol. The Morgan fingerprint density at radius 1 is 1.03 bits per heavy atom. The van der Waals surface area contributed by atoms with E-state index in [1.54, 1.807) is 6.20 Å². The van der Waals surface area contributed by atoms with Gasteiger partial charge in [0.2, 0.25) is 5.91 Å². The number of benzene rings is 3. The van der Waals surface area contributed by atoms with Crippen molar-refractivity contribution < 1.29 is 9.53 Å². The number of thioether (sulfide) groups is 1. The third kappa shape index (κ3) is 5.21. The minimum Gasteiger partial charge on any atom is -0.494 e. The van der Waals surface area contributed by atoms with Crippen LogP contribution in [-0.4, -0.2) is 32.8 Å². The van der Waals surface area contributed by atoms with Crippen molar-refractivity contribution in [3.05, 3.63) is 100 Å². The van der Waals surface area contributed by atoms with E-state index in [1.165, 1.54) is 16.3 Å². The van der Waals surface area contributed by atoms with Gasteiger partial charge in [0, 0.05) is 17.4 Å². The van der Waals surface area contributed by atoms with E-state index in [1.807, 2.05) is 93.6 Å². The van der Waals surface area contributed by atoms with E-state index in [2.05, 4.69) is 10.3 Å². The molecule has 0 unspecified atom stereocenters. The number of carbonyl (C=O) groups excluding carboxylic acids is 1. The van der Waals surface area contributed by atoms with Gasteiger partial charge in [0.05, 0.1) is 18.0 Å². The largest absolute Gasteiger partial charge is 0.494 e. The predicted octanol–water partition coefficient (Wildman–Crippen LogP) is 6.13. The molecule has 7 nitrogen and oxygen atoms in total. The van der Waals surface area contributed by atoms with Gasteiger partial charge in [-0.1, -0.05) is 48.2 Å². The molecule has 1 amide bonds. The lowest BCUT2D eigenvalue weighted by molar-refractivity contribution is -0.113. The molecule has 5 aromatic rings. The number of nitrogens with one attached hydrogen (secondary N) is 2. The molecule has 38 heavy (non-hydrogen) atoms. The van der Waals surface area contributed by atoms with Crippen LogP contribution in [0.5, 0.6) is 5.75 Å². The van der Waals surface area contributed by atoms with Crippen molar-refractivity contribution in [3.63, 3.8) is 0 Å². The first kappa shape index (κ1) is 25.4. The molecule has 0 bridgehead atoms. The van der Waals surface area contributed by atoms with E-state index in [-0.39, 0.29) is 17.2 Å². The van der Waals surface area contributed by atoms with Crippen molar-refractivity contribution >= 4 is 34.4 Å². The molecule has 0 atom stereocenters. The summed E-state index contributed by atoms with van der Waals surface area (Å²) in [6.07, 6.45) is 1.80. The number of amides is 1. The van der Waals surface area contributed by atoms with Crippen LogP contribution in [0.1, 0.15) is 18.1 Å². The number of fused-ring (bicyclic) bond motifs is 1. The fourth-order valence-corrected chi connectivity index (χ4v) is 5.01. The summed E-state index contributed by atoms with van der Waals surface area (Å²) in [7, 11) is 0. The number of rotatable bonds is 8. The SMILES string of the molecule is CCOc1ccc(-n2c(SCC(=O)Nc3ccc(C)c(C)c3)nc3c(-c4ccccc4)c[nH]c3c2=O)cc1. The summed E-state index contributed by atoms with van der Waals surface area (Å²) in [6, 6.07) is 22.9. The van der Waals surface area contributed by atoms with Gasteiger partial charge in [-0.05, 0) is 73.9 Å². The van der Waals surface area contributed by atoms with Gasteiger partial charge >= 0.3 is 0 Å². The number of hydrogen-bond acceptors (Lipinski definition) is 5. The standard InChI is InChI=1S/C30H28N4O3S/c1-4-37-24-14-12-23(13-15-24)34-29(36)28-27(25(17-31-28)21-8-6-5-7-9-21)33-30(34)38-18-26(35)32-22-11-10-19(2)20(3)16-22/h5-17,31H,4,18H2,1-3H3,(H,32,35). The molecule has 192 valence electrons. The number of aryl methyl sites for hydroxylation is 2. The Kier molecular flexibility index (Phi) is 7.33. The van der Waals surface area contributed by atoms with Crippen LogP contribution in [0.4, 0.5) is 5.69 Å².